The highest BCUT2D eigenvalue weighted by Gasteiger charge is 2.34. The third kappa shape index (κ3) is 5.01. The molecule has 126 valence electrons. The van der Waals surface area contributed by atoms with Crippen LogP contribution >= 0.6 is 23.5 Å². The van der Waals surface area contributed by atoms with Crippen LogP contribution in [0.25, 0.3) is 0 Å². The van der Waals surface area contributed by atoms with E-state index >= 15 is 0 Å². The SMILES string of the molecule is CCSC(=O)Sc1ccc(C)cc1NC(=O)C1(C)CCCCC1. The molecule has 0 bridgehead atoms. The minimum atomic E-state index is -0.286. The smallest absolute Gasteiger partial charge is 0.250 e. The van der Waals surface area contributed by atoms with Crippen LogP contribution in [-0.2, 0) is 4.79 Å². The van der Waals surface area contributed by atoms with E-state index in [1.165, 1.54) is 29.9 Å². The molecular formula is C18H25NO2S2. The highest BCUT2D eigenvalue weighted by Crippen LogP contribution is 2.38. The lowest BCUT2D eigenvalue weighted by atomic mass is 9.75. The molecule has 3 nitrogen and oxygen atoms in total. The Hall–Kier alpha value is -0.940. The maximum atomic E-state index is 12.8. The van der Waals surface area contributed by atoms with Crippen molar-refractivity contribution in [3.63, 3.8) is 0 Å². The van der Waals surface area contributed by atoms with Gasteiger partial charge in [0.15, 0.2) is 0 Å². The van der Waals surface area contributed by atoms with E-state index in [0.717, 1.165) is 47.6 Å². The second-order valence-electron chi connectivity index (χ2n) is 6.36. The molecule has 1 aliphatic rings. The quantitative estimate of drug-likeness (QED) is 0.689. The van der Waals surface area contributed by atoms with Crippen molar-refractivity contribution >= 4 is 39.6 Å². The molecule has 1 aliphatic carbocycles. The summed E-state index contributed by atoms with van der Waals surface area (Å²) < 4.78 is 0.0655. The molecule has 0 unspecified atom stereocenters. The normalized spacial score (nSPS) is 16.8. The third-order valence-electron chi connectivity index (χ3n) is 4.34. The monoisotopic (exact) mass is 351 g/mol. The minimum absolute atomic E-state index is 0.0655. The second-order valence-corrected chi connectivity index (χ2v) is 8.87. The maximum absolute atomic E-state index is 12.8. The summed E-state index contributed by atoms with van der Waals surface area (Å²) in [6, 6.07) is 5.85. The number of thioether (sulfide) groups is 2. The van der Waals surface area contributed by atoms with Crippen LogP contribution in [0.2, 0.25) is 0 Å². The number of amides is 1. The van der Waals surface area contributed by atoms with Gasteiger partial charge in [-0.15, -0.1) is 0 Å². The highest BCUT2D eigenvalue weighted by molar-refractivity contribution is 8.38. The fraction of sp³-hybridized carbons (Fsp3) is 0.556. The molecule has 0 radical (unpaired) electrons. The maximum Gasteiger partial charge on any atom is 0.250 e. The summed E-state index contributed by atoms with van der Waals surface area (Å²) in [5.41, 5.74) is 1.55. The molecule has 1 aromatic rings. The molecule has 23 heavy (non-hydrogen) atoms. The van der Waals surface area contributed by atoms with E-state index in [2.05, 4.69) is 12.2 Å². The van der Waals surface area contributed by atoms with Crippen molar-refractivity contribution in [3.8, 4) is 0 Å². The van der Waals surface area contributed by atoms with Crippen LogP contribution in [0.1, 0.15) is 51.5 Å². The molecule has 0 spiro atoms. The summed E-state index contributed by atoms with van der Waals surface area (Å²) in [5, 5.41) is 3.09. The van der Waals surface area contributed by atoms with E-state index in [9.17, 15) is 9.59 Å². The summed E-state index contributed by atoms with van der Waals surface area (Å²) in [5.74, 6) is 0.845. The Morgan fingerprint density at radius 3 is 2.57 bits per heavy atom. The Balaban J connectivity index is 2.15. The van der Waals surface area contributed by atoms with Gasteiger partial charge in [0.1, 0.15) is 0 Å². The molecule has 0 aliphatic heterocycles. The average Bonchev–Trinajstić information content (AvgIpc) is 2.51. The first-order chi connectivity index (χ1) is 10.9. The zero-order valence-electron chi connectivity index (χ0n) is 14.1. The number of rotatable bonds is 4. The van der Waals surface area contributed by atoms with E-state index in [-0.39, 0.29) is 15.8 Å². The van der Waals surface area contributed by atoms with Crippen LogP contribution in [0.5, 0.6) is 0 Å². The Labute approximate surface area is 147 Å². The summed E-state index contributed by atoms with van der Waals surface area (Å²) in [4.78, 5) is 25.5. The van der Waals surface area contributed by atoms with Gasteiger partial charge in [0.25, 0.3) is 4.45 Å². The van der Waals surface area contributed by atoms with Gasteiger partial charge in [-0.05, 0) is 55.0 Å². The largest absolute Gasteiger partial charge is 0.325 e. The molecule has 0 atom stereocenters. The number of anilines is 1. The molecule has 1 aromatic carbocycles. The van der Waals surface area contributed by atoms with E-state index < -0.39 is 0 Å². The molecule has 1 N–H and O–H groups in total. The lowest BCUT2D eigenvalue weighted by Crippen LogP contribution is -2.35. The fourth-order valence-electron chi connectivity index (χ4n) is 2.90. The van der Waals surface area contributed by atoms with Gasteiger partial charge in [0.2, 0.25) is 5.91 Å². The van der Waals surface area contributed by atoms with Crippen LogP contribution < -0.4 is 5.32 Å². The molecule has 0 heterocycles. The van der Waals surface area contributed by atoms with E-state index in [1.54, 1.807) is 0 Å². The van der Waals surface area contributed by atoms with Crippen LogP contribution in [0.4, 0.5) is 10.5 Å². The zero-order valence-corrected chi connectivity index (χ0v) is 15.7. The van der Waals surface area contributed by atoms with Gasteiger partial charge in [-0.2, -0.15) is 0 Å². The minimum Gasteiger partial charge on any atom is -0.325 e. The van der Waals surface area contributed by atoms with Crippen molar-refractivity contribution < 1.29 is 9.59 Å². The van der Waals surface area contributed by atoms with Gasteiger partial charge < -0.3 is 5.32 Å². The van der Waals surface area contributed by atoms with Gasteiger partial charge in [-0.3, -0.25) is 9.59 Å². The van der Waals surface area contributed by atoms with Gasteiger partial charge in [-0.1, -0.05) is 50.9 Å². The van der Waals surface area contributed by atoms with Crippen molar-refractivity contribution in [2.24, 2.45) is 5.41 Å². The second kappa shape index (κ2) is 8.25. The number of aryl methyl sites for hydroxylation is 1. The van der Waals surface area contributed by atoms with E-state index in [4.69, 9.17) is 0 Å². The summed E-state index contributed by atoms with van der Waals surface area (Å²) in [6.45, 7) is 6.02. The van der Waals surface area contributed by atoms with Crippen LogP contribution in [0, 0.1) is 12.3 Å². The topological polar surface area (TPSA) is 46.2 Å². The van der Waals surface area contributed by atoms with Crippen molar-refractivity contribution in [1.29, 1.82) is 0 Å². The van der Waals surface area contributed by atoms with Crippen molar-refractivity contribution in [3.05, 3.63) is 23.8 Å². The van der Waals surface area contributed by atoms with Crippen molar-refractivity contribution in [2.75, 3.05) is 11.1 Å². The molecular weight excluding hydrogens is 326 g/mol. The summed E-state index contributed by atoms with van der Waals surface area (Å²) in [6.07, 6.45) is 5.34. The first-order valence-corrected chi connectivity index (χ1v) is 10.0. The average molecular weight is 352 g/mol. The summed E-state index contributed by atoms with van der Waals surface area (Å²) >= 11 is 2.50. The van der Waals surface area contributed by atoms with E-state index in [0.29, 0.717) is 0 Å². The third-order valence-corrected chi connectivity index (χ3v) is 6.21. The Morgan fingerprint density at radius 1 is 1.22 bits per heavy atom. The van der Waals surface area contributed by atoms with Crippen molar-refractivity contribution in [2.45, 2.75) is 57.8 Å². The molecule has 1 saturated carbocycles. The van der Waals surface area contributed by atoms with Crippen LogP contribution in [-0.4, -0.2) is 16.1 Å². The standard InChI is InChI=1S/C18H25NO2S2/c1-4-22-17(21)23-15-9-8-13(2)12-14(15)19-16(20)18(3)10-6-5-7-11-18/h8-9,12H,4-7,10-11H2,1-3H3,(H,19,20). The Kier molecular flexibility index (Phi) is 6.60. The molecule has 0 saturated heterocycles. The molecule has 5 heteroatoms. The molecule has 1 fully saturated rings. The van der Waals surface area contributed by atoms with E-state index in [1.807, 2.05) is 32.0 Å². The first kappa shape index (κ1) is 18.4. The molecule has 1 amide bonds. The number of carbonyl (C=O) groups is 2. The lowest BCUT2D eigenvalue weighted by molar-refractivity contribution is -0.126. The van der Waals surface area contributed by atoms with Crippen LogP contribution in [0.3, 0.4) is 0 Å². The predicted molar refractivity (Wildman–Crippen MR) is 100 cm³/mol. The van der Waals surface area contributed by atoms with Gasteiger partial charge in [0, 0.05) is 10.3 Å². The first-order valence-electron chi connectivity index (χ1n) is 8.21. The van der Waals surface area contributed by atoms with Gasteiger partial charge in [0.05, 0.1) is 5.69 Å². The molecule has 2 rings (SSSR count). The Morgan fingerprint density at radius 2 is 1.91 bits per heavy atom. The van der Waals surface area contributed by atoms with Crippen LogP contribution in [0.15, 0.2) is 23.1 Å². The highest BCUT2D eigenvalue weighted by atomic mass is 32.2. The van der Waals surface area contributed by atoms with Gasteiger partial charge >= 0.3 is 0 Å². The zero-order chi connectivity index (χ0) is 16.9. The number of nitrogens with one attached hydrogen (secondary N) is 1. The van der Waals surface area contributed by atoms with Gasteiger partial charge in [-0.25, -0.2) is 0 Å². The Bertz CT molecular complexity index is 580. The molecule has 0 aromatic heterocycles. The number of hydrogen-bond acceptors (Lipinski definition) is 4. The predicted octanol–water partition coefficient (Wildman–Crippen LogP) is 5.87. The lowest BCUT2D eigenvalue weighted by Gasteiger charge is -2.32. The number of carbonyl (C=O) groups excluding carboxylic acids is 2. The number of benzene rings is 1. The summed E-state index contributed by atoms with van der Waals surface area (Å²) in [7, 11) is 0. The number of hydrogen-bond donors (Lipinski definition) is 1. The fourth-order valence-corrected chi connectivity index (χ4v) is 4.53. The van der Waals surface area contributed by atoms with Crippen molar-refractivity contribution in [1.82, 2.24) is 0 Å².